The van der Waals surface area contributed by atoms with Crippen LogP contribution >= 0.6 is 0 Å². The highest BCUT2D eigenvalue weighted by Crippen LogP contribution is 2.15. The molecule has 0 atom stereocenters. The summed E-state index contributed by atoms with van der Waals surface area (Å²) in [6.07, 6.45) is 0. The SMILES string of the molecule is Cc1nc2ccccc2nc1NCCNC(=O)C(C)(C)C. The van der Waals surface area contributed by atoms with Crippen LogP contribution in [0, 0.1) is 12.3 Å². The van der Waals surface area contributed by atoms with Crippen molar-refractivity contribution in [3.8, 4) is 0 Å². The number of aryl methyl sites for hydroxylation is 1. The highest BCUT2D eigenvalue weighted by atomic mass is 16.2. The van der Waals surface area contributed by atoms with Crippen LogP contribution in [0.3, 0.4) is 0 Å². The van der Waals surface area contributed by atoms with Crippen LogP contribution in [-0.2, 0) is 4.79 Å². The summed E-state index contributed by atoms with van der Waals surface area (Å²) in [6.45, 7) is 8.80. The fraction of sp³-hybridized carbons (Fsp3) is 0.438. The summed E-state index contributed by atoms with van der Waals surface area (Å²) in [4.78, 5) is 20.8. The van der Waals surface area contributed by atoms with E-state index < -0.39 is 0 Å². The van der Waals surface area contributed by atoms with Crippen molar-refractivity contribution in [1.29, 1.82) is 0 Å². The maximum atomic E-state index is 11.8. The summed E-state index contributed by atoms with van der Waals surface area (Å²) in [5.74, 6) is 0.810. The summed E-state index contributed by atoms with van der Waals surface area (Å²) in [5.41, 5.74) is 2.25. The van der Waals surface area contributed by atoms with E-state index in [9.17, 15) is 4.79 Å². The summed E-state index contributed by atoms with van der Waals surface area (Å²) in [6, 6.07) is 7.78. The number of nitrogens with one attached hydrogen (secondary N) is 2. The molecule has 2 aromatic rings. The first-order valence-corrected chi connectivity index (χ1v) is 7.13. The third-order valence-corrected chi connectivity index (χ3v) is 3.13. The van der Waals surface area contributed by atoms with Gasteiger partial charge in [0.25, 0.3) is 0 Å². The molecule has 1 heterocycles. The summed E-state index contributed by atoms with van der Waals surface area (Å²) in [7, 11) is 0. The van der Waals surface area contributed by atoms with Gasteiger partial charge in [0.15, 0.2) is 0 Å². The normalized spacial score (nSPS) is 11.4. The molecule has 0 unspecified atom stereocenters. The van der Waals surface area contributed by atoms with E-state index in [1.54, 1.807) is 0 Å². The molecule has 1 aromatic carbocycles. The van der Waals surface area contributed by atoms with Crippen LogP contribution in [0.25, 0.3) is 11.0 Å². The molecule has 0 bridgehead atoms. The van der Waals surface area contributed by atoms with E-state index in [2.05, 4.69) is 20.6 Å². The highest BCUT2D eigenvalue weighted by molar-refractivity contribution is 5.81. The molecule has 5 nitrogen and oxygen atoms in total. The Labute approximate surface area is 125 Å². The van der Waals surface area contributed by atoms with Gasteiger partial charge < -0.3 is 10.6 Å². The van der Waals surface area contributed by atoms with E-state index in [1.807, 2.05) is 52.0 Å². The molecule has 5 heteroatoms. The van der Waals surface area contributed by atoms with Crippen molar-refractivity contribution in [1.82, 2.24) is 15.3 Å². The zero-order valence-corrected chi connectivity index (χ0v) is 13.0. The van der Waals surface area contributed by atoms with Gasteiger partial charge >= 0.3 is 0 Å². The maximum Gasteiger partial charge on any atom is 0.225 e. The van der Waals surface area contributed by atoms with Gasteiger partial charge in [0.2, 0.25) is 5.91 Å². The van der Waals surface area contributed by atoms with Gasteiger partial charge in [0, 0.05) is 18.5 Å². The Bertz CT molecular complexity index is 646. The molecule has 0 radical (unpaired) electrons. The number of fused-ring (bicyclic) bond motifs is 1. The zero-order chi connectivity index (χ0) is 15.5. The molecule has 0 aliphatic carbocycles. The maximum absolute atomic E-state index is 11.8. The van der Waals surface area contributed by atoms with Gasteiger partial charge in [-0.15, -0.1) is 0 Å². The molecule has 0 saturated heterocycles. The van der Waals surface area contributed by atoms with E-state index in [0.29, 0.717) is 13.1 Å². The summed E-state index contributed by atoms with van der Waals surface area (Å²) in [5, 5.41) is 6.12. The Morgan fingerprint density at radius 2 is 1.71 bits per heavy atom. The second kappa shape index (κ2) is 6.08. The van der Waals surface area contributed by atoms with Gasteiger partial charge in [-0.3, -0.25) is 4.79 Å². The lowest BCUT2D eigenvalue weighted by atomic mass is 9.96. The van der Waals surface area contributed by atoms with E-state index in [-0.39, 0.29) is 11.3 Å². The molecular formula is C16H22N4O. The Kier molecular flexibility index (Phi) is 4.40. The van der Waals surface area contributed by atoms with Crippen LogP contribution in [-0.4, -0.2) is 29.0 Å². The monoisotopic (exact) mass is 286 g/mol. The number of carbonyl (C=O) groups is 1. The molecular weight excluding hydrogens is 264 g/mol. The van der Waals surface area contributed by atoms with Gasteiger partial charge in [0.05, 0.1) is 16.7 Å². The summed E-state index contributed by atoms with van der Waals surface area (Å²) >= 11 is 0. The molecule has 0 aliphatic heterocycles. The third-order valence-electron chi connectivity index (χ3n) is 3.13. The molecule has 0 spiro atoms. The van der Waals surface area contributed by atoms with Gasteiger partial charge in [0.1, 0.15) is 5.82 Å². The Morgan fingerprint density at radius 3 is 2.33 bits per heavy atom. The standard InChI is InChI=1S/C16H22N4O/c1-11-14(17-9-10-18-15(21)16(2,3)4)20-13-8-6-5-7-12(13)19-11/h5-8H,9-10H2,1-4H3,(H,17,20)(H,18,21). The lowest BCUT2D eigenvalue weighted by Gasteiger charge is -2.18. The molecule has 0 saturated carbocycles. The zero-order valence-electron chi connectivity index (χ0n) is 13.0. The molecule has 1 amide bonds. The number of amides is 1. The number of rotatable bonds is 4. The van der Waals surface area contributed by atoms with E-state index in [1.165, 1.54) is 0 Å². The number of para-hydroxylation sites is 2. The van der Waals surface area contributed by atoms with Crippen LogP contribution < -0.4 is 10.6 Å². The topological polar surface area (TPSA) is 66.9 Å². The van der Waals surface area contributed by atoms with E-state index in [0.717, 1.165) is 22.5 Å². The number of carbonyl (C=O) groups excluding carboxylic acids is 1. The second-order valence-electron chi connectivity index (χ2n) is 6.08. The van der Waals surface area contributed by atoms with Crippen molar-refractivity contribution < 1.29 is 4.79 Å². The minimum atomic E-state index is -0.362. The first-order chi connectivity index (χ1) is 9.88. The second-order valence-corrected chi connectivity index (χ2v) is 6.08. The Balaban J connectivity index is 1.95. The smallest absolute Gasteiger partial charge is 0.225 e. The van der Waals surface area contributed by atoms with Crippen LogP contribution in [0.4, 0.5) is 5.82 Å². The minimum Gasteiger partial charge on any atom is -0.367 e. The number of hydrogen-bond donors (Lipinski definition) is 2. The molecule has 21 heavy (non-hydrogen) atoms. The number of nitrogens with zero attached hydrogens (tertiary/aromatic N) is 2. The molecule has 1 aromatic heterocycles. The van der Waals surface area contributed by atoms with Crippen molar-refractivity contribution in [2.45, 2.75) is 27.7 Å². The van der Waals surface area contributed by atoms with Gasteiger partial charge in [-0.25, -0.2) is 9.97 Å². The first kappa shape index (κ1) is 15.2. The predicted molar refractivity (Wildman–Crippen MR) is 85.2 cm³/mol. The Morgan fingerprint density at radius 1 is 1.10 bits per heavy atom. The molecule has 2 rings (SSSR count). The van der Waals surface area contributed by atoms with Crippen LogP contribution in [0.5, 0.6) is 0 Å². The number of benzene rings is 1. The molecule has 112 valence electrons. The fourth-order valence-corrected chi connectivity index (χ4v) is 1.88. The number of hydrogen-bond acceptors (Lipinski definition) is 4. The van der Waals surface area contributed by atoms with Crippen molar-refractivity contribution in [2.75, 3.05) is 18.4 Å². The van der Waals surface area contributed by atoms with Crippen LogP contribution in [0.2, 0.25) is 0 Å². The van der Waals surface area contributed by atoms with Crippen LogP contribution in [0.15, 0.2) is 24.3 Å². The first-order valence-electron chi connectivity index (χ1n) is 7.13. The highest BCUT2D eigenvalue weighted by Gasteiger charge is 2.20. The van der Waals surface area contributed by atoms with Crippen molar-refractivity contribution in [3.05, 3.63) is 30.0 Å². The van der Waals surface area contributed by atoms with Gasteiger partial charge in [-0.1, -0.05) is 32.9 Å². The van der Waals surface area contributed by atoms with E-state index in [4.69, 9.17) is 0 Å². The van der Waals surface area contributed by atoms with Gasteiger partial charge in [-0.05, 0) is 19.1 Å². The lowest BCUT2D eigenvalue weighted by Crippen LogP contribution is -2.37. The largest absolute Gasteiger partial charge is 0.367 e. The fourth-order valence-electron chi connectivity index (χ4n) is 1.88. The van der Waals surface area contributed by atoms with Crippen LogP contribution in [0.1, 0.15) is 26.5 Å². The summed E-state index contributed by atoms with van der Waals surface area (Å²) < 4.78 is 0. The number of aromatic nitrogens is 2. The predicted octanol–water partition coefficient (Wildman–Crippen LogP) is 2.51. The van der Waals surface area contributed by atoms with Crippen molar-refractivity contribution in [3.63, 3.8) is 0 Å². The quantitative estimate of drug-likeness (QED) is 0.848. The van der Waals surface area contributed by atoms with Gasteiger partial charge in [-0.2, -0.15) is 0 Å². The molecule has 0 fully saturated rings. The minimum absolute atomic E-state index is 0.0469. The average Bonchev–Trinajstić information content (AvgIpc) is 2.42. The Hall–Kier alpha value is -2.17. The molecule has 0 aliphatic rings. The van der Waals surface area contributed by atoms with Crippen molar-refractivity contribution in [2.24, 2.45) is 5.41 Å². The molecule has 2 N–H and O–H groups in total. The number of anilines is 1. The lowest BCUT2D eigenvalue weighted by molar-refractivity contribution is -0.128. The van der Waals surface area contributed by atoms with Crippen molar-refractivity contribution >= 4 is 22.8 Å². The average molecular weight is 286 g/mol. The third kappa shape index (κ3) is 3.90. The van der Waals surface area contributed by atoms with E-state index >= 15 is 0 Å².